The molecule has 35 heavy (non-hydrogen) atoms. The third kappa shape index (κ3) is 4.34. The zero-order valence-corrected chi connectivity index (χ0v) is 19.4. The summed E-state index contributed by atoms with van der Waals surface area (Å²) in [4.78, 5) is 18.5. The van der Waals surface area contributed by atoms with Crippen molar-refractivity contribution >= 4 is 5.91 Å². The van der Waals surface area contributed by atoms with Gasteiger partial charge in [-0.05, 0) is 44.9 Å². The smallest absolute Gasteiger partial charge is 0.392 e. The van der Waals surface area contributed by atoms with Gasteiger partial charge in [-0.15, -0.1) is 0 Å². The number of rotatable bonds is 3. The first-order chi connectivity index (χ1) is 16.4. The summed E-state index contributed by atoms with van der Waals surface area (Å²) in [6, 6.07) is -0.615. The van der Waals surface area contributed by atoms with Crippen molar-refractivity contribution in [3.05, 3.63) is 11.7 Å². The average molecular weight is 507 g/mol. The Kier molecular flexibility index (Phi) is 6.13. The first kappa shape index (κ1) is 24.9. The van der Waals surface area contributed by atoms with Gasteiger partial charge in [-0.3, -0.25) is 4.79 Å². The number of aliphatic hydroxyl groups excluding tert-OH is 1. The molecule has 2 atom stereocenters. The summed E-state index contributed by atoms with van der Waals surface area (Å²) >= 11 is 0. The lowest BCUT2D eigenvalue weighted by Crippen LogP contribution is -2.62. The highest BCUT2D eigenvalue weighted by atomic mass is 19.4. The number of hydrogen-bond acceptors (Lipinski definition) is 6. The Hall–Kier alpha value is -1.82. The van der Waals surface area contributed by atoms with Crippen molar-refractivity contribution in [1.82, 2.24) is 20.4 Å². The molecule has 1 aromatic heterocycles. The summed E-state index contributed by atoms with van der Waals surface area (Å²) in [5, 5.41) is 17.4. The number of aromatic nitrogens is 2. The van der Waals surface area contributed by atoms with Crippen molar-refractivity contribution < 1.29 is 36.4 Å². The molecular weight excluding hydrogens is 475 g/mol. The molecule has 2 aliphatic carbocycles. The molecule has 2 saturated heterocycles. The molecule has 0 radical (unpaired) electrons. The van der Waals surface area contributed by atoms with Gasteiger partial charge in [-0.2, -0.15) is 18.2 Å². The number of carbonyl (C=O) groups excluding carboxylic acids is 1. The van der Waals surface area contributed by atoms with Gasteiger partial charge in [-0.1, -0.05) is 11.6 Å². The number of nitrogens with one attached hydrogen (secondary N) is 1. The van der Waals surface area contributed by atoms with Crippen molar-refractivity contribution in [3.8, 4) is 0 Å². The maximum Gasteiger partial charge on any atom is 0.401 e. The first-order valence-corrected chi connectivity index (χ1v) is 12.4. The van der Waals surface area contributed by atoms with Crippen LogP contribution in [-0.4, -0.2) is 69.9 Å². The predicted octanol–water partition coefficient (Wildman–Crippen LogP) is 3.68. The standard InChI is InChI=1S/C23H31F5N4O3/c24-22(25)6-2-14(3-7-22)17-30-19(31-35-17)21(23(26,27)28)8-10-32(11-9-21)18(34)15-12-16(33)20(13-29-15)4-1-5-20/h14-16,29,33H,1-13H2/t15-,16+/m0/s1. The fourth-order valence-electron chi connectivity index (χ4n) is 6.18. The lowest BCUT2D eigenvalue weighted by Gasteiger charge is -2.51. The maximum atomic E-state index is 14.3. The molecule has 196 valence electrons. The Morgan fingerprint density at radius 1 is 1.09 bits per heavy atom. The summed E-state index contributed by atoms with van der Waals surface area (Å²) in [5.41, 5.74) is -2.53. The van der Waals surface area contributed by atoms with E-state index in [9.17, 15) is 31.9 Å². The molecule has 5 rings (SSSR count). The van der Waals surface area contributed by atoms with E-state index in [1.54, 1.807) is 0 Å². The molecular formula is C23H31F5N4O3. The third-order valence-corrected chi connectivity index (χ3v) is 8.92. The third-order valence-electron chi connectivity index (χ3n) is 8.92. The molecule has 2 saturated carbocycles. The molecule has 12 heteroatoms. The number of amides is 1. The number of likely N-dealkylation sites (tertiary alicyclic amines) is 1. The second-order valence-corrected chi connectivity index (χ2v) is 10.9. The molecule has 1 spiro atoms. The minimum absolute atomic E-state index is 0.0250. The molecule has 3 heterocycles. The van der Waals surface area contributed by atoms with Gasteiger partial charge >= 0.3 is 6.18 Å². The monoisotopic (exact) mass is 506 g/mol. The van der Waals surface area contributed by atoms with Crippen LogP contribution in [0.5, 0.6) is 0 Å². The van der Waals surface area contributed by atoms with Crippen molar-refractivity contribution in [2.24, 2.45) is 5.41 Å². The molecule has 0 unspecified atom stereocenters. The van der Waals surface area contributed by atoms with Crippen molar-refractivity contribution in [2.75, 3.05) is 19.6 Å². The largest absolute Gasteiger partial charge is 0.401 e. The zero-order valence-electron chi connectivity index (χ0n) is 19.4. The number of carbonyl (C=O) groups is 1. The molecule has 4 fully saturated rings. The van der Waals surface area contributed by atoms with Crippen LogP contribution in [0.25, 0.3) is 0 Å². The van der Waals surface area contributed by atoms with E-state index < -0.39 is 54.2 Å². The van der Waals surface area contributed by atoms with Crippen LogP contribution in [0.2, 0.25) is 0 Å². The first-order valence-electron chi connectivity index (χ1n) is 12.4. The van der Waals surface area contributed by atoms with Crippen LogP contribution in [0.1, 0.15) is 81.8 Å². The van der Waals surface area contributed by atoms with Crippen LogP contribution in [0.4, 0.5) is 22.0 Å². The molecule has 7 nitrogen and oxygen atoms in total. The summed E-state index contributed by atoms with van der Waals surface area (Å²) < 4.78 is 75.0. The van der Waals surface area contributed by atoms with Crippen LogP contribution in [0, 0.1) is 5.41 Å². The number of aliphatic hydroxyl groups is 1. The van der Waals surface area contributed by atoms with Crippen LogP contribution in [0.3, 0.4) is 0 Å². The van der Waals surface area contributed by atoms with E-state index in [-0.39, 0.29) is 62.4 Å². The highest BCUT2D eigenvalue weighted by Gasteiger charge is 2.60. The van der Waals surface area contributed by atoms with Crippen molar-refractivity contribution in [3.63, 3.8) is 0 Å². The molecule has 1 aromatic rings. The van der Waals surface area contributed by atoms with Gasteiger partial charge in [0.25, 0.3) is 0 Å². The Bertz CT molecular complexity index is 930. The van der Waals surface area contributed by atoms with E-state index in [1.807, 2.05) is 0 Å². The van der Waals surface area contributed by atoms with E-state index in [4.69, 9.17) is 4.52 Å². The number of piperidine rings is 2. The van der Waals surface area contributed by atoms with E-state index >= 15 is 0 Å². The van der Waals surface area contributed by atoms with E-state index in [1.165, 1.54) is 4.90 Å². The Balaban J connectivity index is 1.26. The Labute approximate surface area is 199 Å². The summed E-state index contributed by atoms with van der Waals surface area (Å²) in [7, 11) is 0. The second kappa shape index (κ2) is 8.64. The van der Waals surface area contributed by atoms with Gasteiger partial charge in [-0.25, -0.2) is 8.78 Å². The average Bonchev–Trinajstić information content (AvgIpc) is 3.27. The molecule has 2 N–H and O–H groups in total. The quantitative estimate of drug-likeness (QED) is 0.608. The maximum absolute atomic E-state index is 14.3. The highest BCUT2D eigenvalue weighted by Crippen LogP contribution is 2.49. The van der Waals surface area contributed by atoms with Crippen LogP contribution >= 0.6 is 0 Å². The lowest BCUT2D eigenvalue weighted by molar-refractivity contribution is -0.206. The number of nitrogens with zero attached hydrogens (tertiary/aromatic N) is 3. The van der Waals surface area contributed by atoms with Gasteiger partial charge in [0.05, 0.1) is 12.1 Å². The Morgan fingerprint density at radius 3 is 2.29 bits per heavy atom. The molecule has 4 aliphatic rings. The topological polar surface area (TPSA) is 91.5 Å². The molecule has 0 bridgehead atoms. The molecule has 2 aliphatic heterocycles. The molecule has 1 amide bonds. The minimum atomic E-state index is -4.67. The van der Waals surface area contributed by atoms with Gasteiger partial charge in [0.2, 0.25) is 17.7 Å². The minimum Gasteiger partial charge on any atom is -0.392 e. The zero-order chi connectivity index (χ0) is 25.1. The predicted molar refractivity (Wildman–Crippen MR) is 113 cm³/mol. The molecule has 0 aromatic carbocycles. The van der Waals surface area contributed by atoms with E-state index in [0.717, 1.165) is 19.3 Å². The Morgan fingerprint density at radius 2 is 1.74 bits per heavy atom. The SMILES string of the molecule is O=C([C@@H]1C[C@@H](O)C2(CCC2)CN1)N1CCC(c2noc(C3CCC(F)(F)CC3)n2)(C(F)(F)F)CC1. The fraction of sp³-hybridized carbons (Fsp3) is 0.870. The van der Waals surface area contributed by atoms with Gasteiger partial charge in [0.15, 0.2) is 5.82 Å². The van der Waals surface area contributed by atoms with E-state index in [2.05, 4.69) is 15.5 Å². The van der Waals surface area contributed by atoms with Crippen LogP contribution in [-0.2, 0) is 10.2 Å². The fourth-order valence-corrected chi connectivity index (χ4v) is 6.18. The van der Waals surface area contributed by atoms with Crippen molar-refractivity contribution in [1.29, 1.82) is 0 Å². The van der Waals surface area contributed by atoms with Gasteiger partial charge < -0.3 is 19.8 Å². The second-order valence-electron chi connectivity index (χ2n) is 10.9. The summed E-state index contributed by atoms with van der Waals surface area (Å²) in [5.74, 6) is -4.06. The van der Waals surface area contributed by atoms with Crippen LogP contribution < -0.4 is 5.32 Å². The van der Waals surface area contributed by atoms with Crippen LogP contribution in [0.15, 0.2) is 4.52 Å². The number of halogens is 5. The normalized spacial score (nSPS) is 30.7. The van der Waals surface area contributed by atoms with E-state index in [0.29, 0.717) is 6.54 Å². The number of alkyl halides is 5. The van der Waals surface area contributed by atoms with Gasteiger partial charge in [0.1, 0.15) is 5.41 Å². The van der Waals surface area contributed by atoms with Gasteiger partial charge in [0, 0.05) is 43.8 Å². The lowest BCUT2D eigenvalue weighted by atomic mass is 9.62. The summed E-state index contributed by atoms with van der Waals surface area (Å²) in [6.07, 6.45) is -3.51. The van der Waals surface area contributed by atoms with Crippen molar-refractivity contribution in [2.45, 2.75) is 99.8 Å². The highest BCUT2D eigenvalue weighted by molar-refractivity contribution is 5.82. The number of hydrogen-bond donors (Lipinski definition) is 2. The summed E-state index contributed by atoms with van der Waals surface area (Å²) in [6.45, 7) is 0.276.